The Balaban J connectivity index is 1.45. The standard InChI is InChI=1S/C34H41N3O4/c1-3-5-20-36(34(39)26-40-25-28-11-7-6-8-12-28)24-33(38)37(23-27-15-17-30(18-16-27)41-4-2)21-19-29-22-35-32-14-10-9-13-31(29)32/h6-18,22,35H,3-5,19-21,23-26H2,1-2H3. The molecule has 41 heavy (non-hydrogen) atoms. The van der Waals surface area contributed by atoms with Gasteiger partial charge in [0, 0.05) is 36.7 Å². The number of ether oxygens (including phenoxy) is 2. The molecular weight excluding hydrogens is 514 g/mol. The molecule has 2 amide bonds. The molecule has 0 fully saturated rings. The average molecular weight is 556 g/mol. The Morgan fingerprint density at radius 3 is 2.32 bits per heavy atom. The van der Waals surface area contributed by atoms with Crippen molar-refractivity contribution in [3.63, 3.8) is 0 Å². The van der Waals surface area contributed by atoms with E-state index in [0.717, 1.165) is 40.6 Å². The van der Waals surface area contributed by atoms with Crippen molar-refractivity contribution in [1.82, 2.24) is 14.8 Å². The number of nitrogens with one attached hydrogen (secondary N) is 1. The molecule has 0 radical (unpaired) electrons. The molecule has 0 saturated heterocycles. The average Bonchev–Trinajstić information content (AvgIpc) is 3.41. The maximum Gasteiger partial charge on any atom is 0.249 e. The van der Waals surface area contributed by atoms with Gasteiger partial charge < -0.3 is 24.3 Å². The minimum atomic E-state index is -0.166. The summed E-state index contributed by atoms with van der Waals surface area (Å²) in [5.74, 6) is 0.561. The second-order valence-electron chi connectivity index (χ2n) is 10.1. The molecule has 4 aromatic rings. The molecule has 7 heteroatoms. The summed E-state index contributed by atoms with van der Waals surface area (Å²) >= 11 is 0. The molecule has 0 bridgehead atoms. The second-order valence-corrected chi connectivity index (χ2v) is 10.1. The highest BCUT2D eigenvalue weighted by Gasteiger charge is 2.22. The molecule has 3 aromatic carbocycles. The number of nitrogens with zero attached hydrogens (tertiary/aromatic N) is 2. The smallest absolute Gasteiger partial charge is 0.249 e. The van der Waals surface area contributed by atoms with Gasteiger partial charge >= 0.3 is 0 Å². The van der Waals surface area contributed by atoms with Crippen molar-refractivity contribution in [2.75, 3.05) is 32.8 Å². The van der Waals surface area contributed by atoms with Crippen molar-refractivity contribution in [2.24, 2.45) is 0 Å². The normalized spacial score (nSPS) is 11.0. The van der Waals surface area contributed by atoms with Crippen LogP contribution >= 0.6 is 0 Å². The Morgan fingerprint density at radius 2 is 1.56 bits per heavy atom. The van der Waals surface area contributed by atoms with Gasteiger partial charge in [0.25, 0.3) is 0 Å². The Hall–Kier alpha value is -4.10. The Labute approximate surface area is 243 Å². The predicted octanol–water partition coefficient (Wildman–Crippen LogP) is 5.98. The fourth-order valence-corrected chi connectivity index (χ4v) is 4.79. The first-order valence-electron chi connectivity index (χ1n) is 14.5. The van der Waals surface area contributed by atoms with Gasteiger partial charge in [0.05, 0.1) is 19.8 Å². The number of fused-ring (bicyclic) bond motifs is 1. The third-order valence-electron chi connectivity index (χ3n) is 7.08. The van der Waals surface area contributed by atoms with Crippen molar-refractivity contribution < 1.29 is 19.1 Å². The van der Waals surface area contributed by atoms with Gasteiger partial charge in [-0.1, -0.05) is 74.0 Å². The van der Waals surface area contributed by atoms with E-state index in [1.165, 1.54) is 5.56 Å². The van der Waals surface area contributed by atoms with Gasteiger partial charge in [-0.2, -0.15) is 0 Å². The van der Waals surface area contributed by atoms with Gasteiger partial charge in [-0.15, -0.1) is 0 Å². The summed E-state index contributed by atoms with van der Waals surface area (Å²) in [6.07, 6.45) is 4.48. The third-order valence-corrected chi connectivity index (χ3v) is 7.08. The Morgan fingerprint density at radius 1 is 0.805 bits per heavy atom. The lowest BCUT2D eigenvalue weighted by Crippen LogP contribution is -2.44. The van der Waals surface area contributed by atoms with Crippen LogP contribution in [0.2, 0.25) is 0 Å². The molecule has 0 spiro atoms. The number of hydrogen-bond donors (Lipinski definition) is 1. The van der Waals surface area contributed by atoms with Gasteiger partial charge in [-0.05, 0) is 54.7 Å². The summed E-state index contributed by atoms with van der Waals surface area (Å²) in [5, 5.41) is 1.16. The highest BCUT2D eigenvalue weighted by atomic mass is 16.5. The number of aromatic nitrogens is 1. The van der Waals surface area contributed by atoms with Gasteiger partial charge in [-0.25, -0.2) is 0 Å². The van der Waals surface area contributed by atoms with Crippen LogP contribution < -0.4 is 4.74 Å². The third kappa shape index (κ3) is 8.95. The van der Waals surface area contributed by atoms with Crippen molar-refractivity contribution in [3.05, 3.63) is 102 Å². The molecule has 0 atom stereocenters. The van der Waals surface area contributed by atoms with Crippen LogP contribution in [0.3, 0.4) is 0 Å². The van der Waals surface area contributed by atoms with Crippen molar-refractivity contribution in [3.8, 4) is 5.75 Å². The van der Waals surface area contributed by atoms with Gasteiger partial charge in [0.2, 0.25) is 11.8 Å². The number of carbonyl (C=O) groups excluding carboxylic acids is 2. The number of aromatic amines is 1. The quantitative estimate of drug-likeness (QED) is 0.185. The van der Waals surface area contributed by atoms with Crippen molar-refractivity contribution >= 4 is 22.7 Å². The zero-order chi connectivity index (χ0) is 28.9. The first-order valence-corrected chi connectivity index (χ1v) is 14.5. The van der Waals surface area contributed by atoms with E-state index in [1.807, 2.05) is 84.8 Å². The van der Waals surface area contributed by atoms with Crippen LogP contribution in [0.1, 0.15) is 43.4 Å². The summed E-state index contributed by atoms with van der Waals surface area (Å²) in [5.41, 5.74) is 4.27. The lowest BCUT2D eigenvalue weighted by atomic mass is 10.1. The number of unbranched alkanes of at least 4 members (excludes halogenated alkanes) is 1. The maximum atomic E-state index is 13.8. The van der Waals surface area contributed by atoms with Crippen molar-refractivity contribution in [2.45, 2.75) is 46.3 Å². The number of hydrogen-bond acceptors (Lipinski definition) is 4. The highest BCUT2D eigenvalue weighted by molar-refractivity contribution is 5.86. The fourth-order valence-electron chi connectivity index (χ4n) is 4.79. The molecule has 1 aromatic heterocycles. The van der Waals surface area contributed by atoms with E-state index in [-0.39, 0.29) is 25.0 Å². The Bertz CT molecular complexity index is 1370. The molecular formula is C34H41N3O4. The summed E-state index contributed by atoms with van der Waals surface area (Å²) in [4.78, 5) is 33.8. The minimum Gasteiger partial charge on any atom is -0.494 e. The topological polar surface area (TPSA) is 74.9 Å². The van der Waals surface area contributed by atoms with Crippen LogP contribution in [0, 0.1) is 0 Å². The molecule has 4 rings (SSSR count). The molecule has 1 N–H and O–H groups in total. The predicted molar refractivity (Wildman–Crippen MR) is 163 cm³/mol. The molecule has 1 heterocycles. The van der Waals surface area contributed by atoms with E-state index in [2.05, 4.69) is 24.0 Å². The molecule has 216 valence electrons. The number of para-hydroxylation sites is 1. The van der Waals surface area contributed by atoms with Crippen LogP contribution in [0.25, 0.3) is 10.9 Å². The zero-order valence-electron chi connectivity index (χ0n) is 24.2. The van der Waals surface area contributed by atoms with E-state index >= 15 is 0 Å². The number of amides is 2. The molecule has 7 nitrogen and oxygen atoms in total. The largest absolute Gasteiger partial charge is 0.494 e. The molecule has 0 aliphatic carbocycles. The first kappa shape index (κ1) is 29.9. The van der Waals surface area contributed by atoms with Crippen LogP contribution in [0.5, 0.6) is 5.75 Å². The van der Waals surface area contributed by atoms with Crippen LogP contribution in [0.4, 0.5) is 0 Å². The zero-order valence-corrected chi connectivity index (χ0v) is 24.2. The molecule has 0 aliphatic rings. The van der Waals surface area contributed by atoms with Gasteiger partial charge in [0.1, 0.15) is 12.4 Å². The second kappa shape index (κ2) is 15.6. The van der Waals surface area contributed by atoms with Crippen molar-refractivity contribution in [1.29, 1.82) is 0 Å². The maximum absolute atomic E-state index is 13.8. The number of H-pyrrole nitrogens is 1. The molecule has 0 unspecified atom stereocenters. The first-order chi connectivity index (χ1) is 20.1. The number of benzene rings is 3. The van der Waals surface area contributed by atoms with Gasteiger partial charge in [0.15, 0.2) is 0 Å². The van der Waals surface area contributed by atoms with Gasteiger partial charge in [-0.3, -0.25) is 9.59 Å². The molecule has 0 saturated carbocycles. The summed E-state index contributed by atoms with van der Waals surface area (Å²) in [7, 11) is 0. The van der Waals surface area contributed by atoms with E-state index < -0.39 is 0 Å². The van der Waals surface area contributed by atoms with E-state index in [0.29, 0.717) is 39.3 Å². The minimum absolute atomic E-state index is 0.0262. The van der Waals surface area contributed by atoms with E-state index in [9.17, 15) is 9.59 Å². The van der Waals surface area contributed by atoms with E-state index in [1.54, 1.807) is 4.90 Å². The Kier molecular flexibility index (Phi) is 11.4. The lowest BCUT2D eigenvalue weighted by molar-refractivity contribution is -0.143. The summed E-state index contributed by atoms with van der Waals surface area (Å²) in [6.45, 7) is 6.48. The summed E-state index contributed by atoms with van der Waals surface area (Å²) < 4.78 is 11.3. The number of rotatable bonds is 16. The van der Waals surface area contributed by atoms with Crippen LogP contribution in [-0.2, 0) is 33.9 Å². The fraction of sp³-hybridized carbons (Fsp3) is 0.353. The van der Waals surface area contributed by atoms with Crippen LogP contribution in [-0.4, -0.2) is 59.4 Å². The lowest BCUT2D eigenvalue weighted by Gasteiger charge is -2.28. The monoisotopic (exact) mass is 555 g/mol. The van der Waals surface area contributed by atoms with E-state index in [4.69, 9.17) is 9.47 Å². The molecule has 0 aliphatic heterocycles. The van der Waals surface area contributed by atoms with Crippen LogP contribution in [0.15, 0.2) is 85.1 Å². The summed E-state index contributed by atoms with van der Waals surface area (Å²) in [6, 6.07) is 25.8. The number of carbonyl (C=O) groups is 2. The highest BCUT2D eigenvalue weighted by Crippen LogP contribution is 2.20. The SMILES string of the molecule is CCCCN(CC(=O)N(CCc1c[nH]c2ccccc12)Cc1ccc(OCC)cc1)C(=O)COCc1ccccc1.